The molecule has 102 valence electrons. The van der Waals surface area contributed by atoms with Crippen LogP contribution in [0.25, 0.3) is 31.9 Å². The maximum Gasteiger partial charge on any atom is 0.205 e. The first-order chi connectivity index (χ1) is 10.3. The van der Waals surface area contributed by atoms with Crippen molar-refractivity contribution in [1.29, 1.82) is 0 Å². The summed E-state index contributed by atoms with van der Waals surface area (Å²) in [7, 11) is 0. The number of nitrogens with one attached hydrogen (secondary N) is 1. The second-order valence-corrected chi connectivity index (χ2v) is 6.37. The predicted octanol–water partition coefficient (Wildman–Crippen LogP) is 4.51. The summed E-state index contributed by atoms with van der Waals surface area (Å²) in [6.45, 7) is 0. The van der Waals surface area contributed by atoms with Crippen LogP contribution in [0, 0.1) is 0 Å². The minimum atomic E-state index is 0.606. The van der Waals surface area contributed by atoms with Gasteiger partial charge < -0.3 is 0 Å². The zero-order valence-electron chi connectivity index (χ0n) is 10.7. The molecule has 0 aliphatic rings. The van der Waals surface area contributed by atoms with Crippen molar-refractivity contribution in [1.82, 2.24) is 20.6 Å². The Bertz CT molecular complexity index is 914. The van der Waals surface area contributed by atoms with Crippen LogP contribution in [0.4, 0.5) is 0 Å². The maximum atomic E-state index is 4.10. The lowest BCUT2D eigenvalue weighted by molar-refractivity contribution is 0.881. The van der Waals surface area contributed by atoms with E-state index in [4.69, 9.17) is 0 Å². The molecule has 0 bridgehead atoms. The number of benzene rings is 2. The number of hydrogen-bond donors (Lipinski definition) is 1. The molecular formula is C15H9BrN4S. The minimum Gasteiger partial charge on any atom is -0.177 e. The summed E-state index contributed by atoms with van der Waals surface area (Å²) in [5, 5.41) is 15.6. The van der Waals surface area contributed by atoms with Crippen LogP contribution in [-0.4, -0.2) is 20.6 Å². The summed E-state index contributed by atoms with van der Waals surface area (Å²) < 4.78 is 2.36. The van der Waals surface area contributed by atoms with Gasteiger partial charge in [0, 0.05) is 25.7 Å². The third kappa shape index (κ3) is 2.07. The number of aromatic nitrogens is 4. The van der Waals surface area contributed by atoms with Crippen molar-refractivity contribution in [3.63, 3.8) is 0 Å². The van der Waals surface area contributed by atoms with Gasteiger partial charge in [-0.2, -0.15) is 5.21 Å². The monoisotopic (exact) mass is 356 g/mol. The zero-order chi connectivity index (χ0) is 14.2. The number of hydrogen-bond acceptors (Lipinski definition) is 4. The molecule has 0 saturated carbocycles. The number of nitrogens with zero attached hydrogens (tertiary/aromatic N) is 3. The third-order valence-electron chi connectivity index (χ3n) is 3.29. The number of H-pyrrole nitrogens is 1. The Hall–Kier alpha value is -2.05. The van der Waals surface area contributed by atoms with Crippen molar-refractivity contribution in [2.24, 2.45) is 0 Å². The van der Waals surface area contributed by atoms with Crippen LogP contribution < -0.4 is 0 Å². The Morgan fingerprint density at radius 2 is 1.71 bits per heavy atom. The highest BCUT2D eigenvalue weighted by molar-refractivity contribution is 9.10. The van der Waals surface area contributed by atoms with E-state index >= 15 is 0 Å². The van der Waals surface area contributed by atoms with Gasteiger partial charge in [0.15, 0.2) is 0 Å². The van der Waals surface area contributed by atoms with Gasteiger partial charge in [-0.3, -0.25) is 0 Å². The Morgan fingerprint density at radius 1 is 0.952 bits per heavy atom. The molecule has 0 radical (unpaired) electrons. The number of thiophene rings is 1. The molecule has 0 fully saturated rings. The molecule has 0 saturated heterocycles. The standard InChI is InChI=1S/C15H9BrN4S/c16-13-11-7-3-4-8-12(11)21-14(13)9-5-1-2-6-10(9)15-17-19-20-18-15/h1-8H,(H,17,18,19,20). The van der Waals surface area contributed by atoms with Gasteiger partial charge in [0.1, 0.15) is 0 Å². The molecule has 0 spiro atoms. The highest BCUT2D eigenvalue weighted by Gasteiger charge is 2.16. The van der Waals surface area contributed by atoms with Crippen molar-refractivity contribution in [3.8, 4) is 21.8 Å². The Balaban J connectivity index is 2.00. The predicted molar refractivity (Wildman–Crippen MR) is 88.1 cm³/mol. The van der Waals surface area contributed by atoms with Crippen molar-refractivity contribution in [2.75, 3.05) is 0 Å². The fraction of sp³-hybridized carbons (Fsp3) is 0. The van der Waals surface area contributed by atoms with E-state index < -0.39 is 0 Å². The number of rotatable bonds is 2. The summed E-state index contributed by atoms with van der Waals surface area (Å²) in [6.07, 6.45) is 0. The van der Waals surface area contributed by atoms with Gasteiger partial charge in [0.05, 0.1) is 4.88 Å². The average molecular weight is 357 g/mol. The molecular weight excluding hydrogens is 348 g/mol. The molecule has 0 aliphatic heterocycles. The minimum absolute atomic E-state index is 0.606. The van der Waals surface area contributed by atoms with Crippen LogP contribution in [0.1, 0.15) is 0 Å². The largest absolute Gasteiger partial charge is 0.205 e. The van der Waals surface area contributed by atoms with Crippen LogP contribution >= 0.6 is 27.3 Å². The molecule has 0 unspecified atom stereocenters. The Labute approximate surface area is 133 Å². The second-order valence-electron chi connectivity index (χ2n) is 4.52. The summed E-state index contributed by atoms with van der Waals surface area (Å²) in [6, 6.07) is 16.5. The van der Waals surface area contributed by atoms with Crippen LogP contribution in [0.2, 0.25) is 0 Å². The van der Waals surface area contributed by atoms with Gasteiger partial charge in [0.2, 0.25) is 5.82 Å². The smallest absolute Gasteiger partial charge is 0.177 e. The highest BCUT2D eigenvalue weighted by atomic mass is 79.9. The van der Waals surface area contributed by atoms with Crippen LogP contribution in [0.15, 0.2) is 53.0 Å². The van der Waals surface area contributed by atoms with Crippen LogP contribution in [0.3, 0.4) is 0 Å². The number of fused-ring (bicyclic) bond motifs is 1. The number of tetrazole rings is 1. The molecule has 4 aromatic rings. The topological polar surface area (TPSA) is 54.5 Å². The lowest BCUT2D eigenvalue weighted by Crippen LogP contribution is -1.85. The molecule has 0 atom stereocenters. The molecule has 2 aromatic heterocycles. The van der Waals surface area contributed by atoms with Gasteiger partial charge >= 0.3 is 0 Å². The van der Waals surface area contributed by atoms with Crippen molar-refractivity contribution in [3.05, 3.63) is 53.0 Å². The Kier molecular flexibility index (Phi) is 3.05. The molecule has 4 rings (SSSR count). The van der Waals surface area contributed by atoms with Crippen molar-refractivity contribution >= 4 is 37.4 Å². The third-order valence-corrected chi connectivity index (χ3v) is 5.58. The SMILES string of the molecule is Brc1c(-c2ccccc2-c2nn[nH]n2)sc2ccccc12. The number of aromatic amines is 1. The van der Waals surface area contributed by atoms with Gasteiger partial charge in [-0.1, -0.05) is 42.5 Å². The first kappa shape index (κ1) is 12.7. The first-order valence-corrected chi connectivity index (χ1v) is 7.96. The van der Waals surface area contributed by atoms with E-state index in [-0.39, 0.29) is 0 Å². The Morgan fingerprint density at radius 3 is 2.48 bits per heavy atom. The lowest BCUT2D eigenvalue weighted by Gasteiger charge is -2.04. The van der Waals surface area contributed by atoms with Crippen LogP contribution in [-0.2, 0) is 0 Å². The molecule has 6 heteroatoms. The quantitative estimate of drug-likeness (QED) is 0.574. The number of halogens is 1. The van der Waals surface area contributed by atoms with E-state index in [0.717, 1.165) is 15.6 Å². The van der Waals surface area contributed by atoms with E-state index in [1.54, 1.807) is 11.3 Å². The summed E-state index contributed by atoms with van der Waals surface area (Å²) >= 11 is 5.49. The normalized spacial score (nSPS) is 11.1. The van der Waals surface area contributed by atoms with Crippen LogP contribution in [0.5, 0.6) is 0 Å². The van der Waals surface area contributed by atoms with E-state index in [0.29, 0.717) is 5.82 Å². The van der Waals surface area contributed by atoms with E-state index in [1.165, 1.54) is 15.0 Å². The van der Waals surface area contributed by atoms with E-state index in [1.807, 2.05) is 18.2 Å². The summed E-state index contributed by atoms with van der Waals surface area (Å²) in [5.74, 6) is 0.606. The van der Waals surface area contributed by atoms with Gasteiger partial charge in [-0.05, 0) is 27.2 Å². The second kappa shape index (κ2) is 5.05. The average Bonchev–Trinajstić information content (AvgIpc) is 3.16. The van der Waals surface area contributed by atoms with Crippen molar-refractivity contribution in [2.45, 2.75) is 0 Å². The first-order valence-electron chi connectivity index (χ1n) is 6.35. The summed E-state index contributed by atoms with van der Waals surface area (Å²) in [4.78, 5) is 1.18. The van der Waals surface area contributed by atoms with E-state index in [9.17, 15) is 0 Å². The summed E-state index contributed by atoms with van der Waals surface area (Å²) in [5.41, 5.74) is 2.07. The lowest BCUT2D eigenvalue weighted by atomic mass is 10.1. The maximum absolute atomic E-state index is 4.10. The molecule has 1 N–H and O–H groups in total. The van der Waals surface area contributed by atoms with Gasteiger partial charge in [0.25, 0.3) is 0 Å². The van der Waals surface area contributed by atoms with E-state index in [2.05, 4.69) is 66.9 Å². The van der Waals surface area contributed by atoms with Crippen molar-refractivity contribution < 1.29 is 0 Å². The molecule has 0 aliphatic carbocycles. The molecule has 0 amide bonds. The van der Waals surface area contributed by atoms with Gasteiger partial charge in [-0.25, -0.2) is 0 Å². The van der Waals surface area contributed by atoms with Gasteiger partial charge in [-0.15, -0.1) is 21.5 Å². The highest BCUT2D eigenvalue weighted by Crippen LogP contribution is 2.44. The molecule has 4 nitrogen and oxygen atoms in total. The molecule has 21 heavy (non-hydrogen) atoms. The zero-order valence-corrected chi connectivity index (χ0v) is 13.1. The fourth-order valence-corrected chi connectivity index (χ4v) is 4.41. The molecule has 2 aromatic carbocycles. The fourth-order valence-electron chi connectivity index (χ4n) is 2.34. The molecule has 2 heterocycles.